The van der Waals surface area contributed by atoms with E-state index in [1.54, 1.807) is 37.1 Å². The van der Waals surface area contributed by atoms with Gasteiger partial charge in [-0.3, -0.25) is 9.78 Å². The van der Waals surface area contributed by atoms with Crippen LogP contribution < -0.4 is 21.3 Å². The molecule has 3 atom stereocenters. The zero-order valence-electron chi connectivity index (χ0n) is 32.6. The van der Waals surface area contributed by atoms with Crippen molar-refractivity contribution in [2.45, 2.75) is 104 Å². The molecule has 0 saturated heterocycles. The number of nitrogens with one attached hydrogen (secondary N) is 4. The van der Waals surface area contributed by atoms with Gasteiger partial charge in [-0.05, 0) is 43.9 Å². The first-order valence-electron chi connectivity index (χ1n) is 18.5. The third kappa shape index (κ3) is 16.9. The Morgan fingerprint density at radius 2 is 1.43 bits per heavy atom. The van der Waals surface area contributed by atoms with Crippen molar-refractivity contribution in [2.75, 3.05) is 20.6 Å². The van der Waals surface area contributed by atoms with Crippen LogP contribution in [-0.4, -0.2) is 71.7 Å². The van der Waals surface area contributed by atoms with Gasteiger partial charge in [0.05, 0.1) is 27.6 Å². The minimum absolute atomic E-state index is 0. The van der Waals surface area contributed by atoms with E-state index in [0.29, 0.717) is 38.1 Å². The molecule has 0 spiro atoms. The second kappa shape index (κ2) is 25.6. The predicted molar refractivity (Wildman–Crippen MR) is 222 cm³/mol. The number of rotatable bonds is 18. The molecule has 4 N–H and O–H groups in total. The van der Waals surface area contributed by atoms with Crippen molar-refractivity contribution in [3.05, 3.63) is 104 Å². The maximum Gasteiger partial charge on any atom is 0.407 e. The number of likely N-dealkylation sites (N-methyl/N-ethyl adjacent to an activating group) is 1. The Balaban J connectivity index is 0.00000470. The van der Waals surface area contributed by atoms with E-state index in [1.807, 2.05) is 93.7 Å². The van der Waals surface area contributed by atoms with E-state index < -0.39 is 12.1 Å². The van der Waals surface area contributed by atoms with Crippen molar-refractivity contribution >= 4 is 40.7 Å². The van der Waals surface area contributed by atoms with Crippen LogP contribution in [0.5, 0.6) is 0 Å². The van der Waals surface area contributed by atoms with Crippen molar-refractivity contribution in [2.24, 2.45) is 0 Å². The van der Waals surface area contributed by atoms with Gasteiger partial charge in [0, 0.05) is 46.0 Å². The van der Waals surface area contributed by atoms with Crippen LogP contribution in [-0.2, 0) is 35.5 Å². The zero-order chi connectivity index (χ0) is 39.0. The van der Waals surface area contributed by atoms with Crippen LogP contribution in [0.4, 0.5) is 9.59 Å². The Labute approximate surface area is 327 Å². The first kappa shape index (κ1) is 44.8. The summed E-state index contributed by atoms with van der Waals surface area (Å²) in [6.07, 6.45) is 3.53. The van der Waals surface area contributed by atoms with Gasteiger partial charge in [0.25, 0.3) is 0 Å². The van der Waals surface area contributed by atoms with Gasteiger partial charge in [0.1, 0.15) is 12.6 Å². The van der Waals surface area contributed by atoms with Gasteiger partial charge < -0.3 is 30.9 Å². The molecular weight excluding hydrogens is 707 g/mol. The average Bonchev–Trinajstić information content (AvgIpc) is 3.88. The first-order chi connectivity index (χ1) is 25.7. The highest BCUT2D eigenvalue weighted by Gasteiger charge is 2.26. The number of hydrogen-bond acceptors (Lipinski definition) is 9. The molecule has 0 fully saturated rings. The monoisotopic (exact) mass is 769 g/mol. The SMILES string of the molecule is CC.CC.CNC[C@@H](NC(=O)N(C)Cc1csc(C(C)C)n1)C(=O)N[C@@H](CC[C@@H](Cc1ccccc1)NC(=O)OCc1cncs1)Cc1ccccc1.[HH].[HH]. The lowest BCUT2D eigenvalue weighted by Crippen LogP contribution is -2.56. The highest BCUT2D eigenvalue weighted by atomic mass is 32.1. The molecular formula is C40H63N7O4S2. The summed E-state index contributed by atoms with van der Waals surface area (Å²) in [7, 11) is 3.44. The third-order valence-electron chi connectivity index (χ3n) is 7.84. The van der Waals surface area contributed by atoms with E-state index in [2.05, 4.69) is 45.1 Å². The van der Waals surface area contributed by atoms with Crippen molar-refractivity contribution in [3.63, 3.8) is 0 Å². The minimum Gasteiger partial charge on any atom is -0.444 e. The molecule has 4 amide bonds. The van der Waals surface area contributed by atoms with E-state index >= 15 is 0 Å². The number of hydrogen-bond donors (Lipinski definition) is 4. The maximum atomic E-state index is 13.8. The largest absolute Gasteiger partial charge is 0.444 e. The molecule has 4 aromatic rings. The topological polar surface area (TPSA) is 138 Å². The highest BCUT2D eigenvalue weighted by molar-refractivity contribution is 7.09. The number of carbonyl (C=O) groups excluding carboxylic acids is 3. The second-order valence-electron chi connectivity index (χ2n) is 12.3. The average molecular weight is 770 g/mol. The number of carbonyl (C=O) groups is 3. The third-order valence-corrected chi connectivity index (χ3v) is 9.79. The van der Waals surface area contributed by atoms with Gasteiger partial charge in [-0.2, -0.15) is 0 Å². The van der Waals surface area contributed by atoms with E-state index in [1.165, 1.54) is 16.2 Å². The molecule has 0 radical (unpaired) electrons. The Kier molecular flexibility index (Phi) is 21.7. The van der Waals surface area contributed by atoms with Gasteiger partial charge in [-0.25, -0.2) is 14.6 Å². The number of benzene rings is 2. The van der Waals surface area contributed by atoms with Gasteiger partial charge in [0.15, 0.2) is 0 Å². The number of ether oxygens (including phenoxy) is 1. The predicted octanol–water partition coefficient (Wildman–Crippen LogP) is 8.04. The standard InChI is InChI=1S/C36H47N7O4S2.2C2H6.2H2/c1-25(2)34-40-30(23-48-34)21-43(4)35(45)42-32(20-37-3)33(44)39-28(17-26-11-7-5-8-12-26)15-16-29(18-27-13-9-6-10-14-27)41-36(46)47-22-31-19-38-24-49-31;2*1-2;;/h5-14,19,23-25,28-29,32,37H,15-18,20-22H2,1-4H3,(H,39,44)(H,41,46)(H,42,45);2*1-2H3;2*1H/t28-,29-,32+;;;;/m0..../s1. The van der Waals surface area contributed by atoms with Crippen molar-refractivity contribution < 1.29 is 22.0 Å². The number of thiazole rings is 2. The molecule has 11 nitrogen and oxygen atoms in total. The number of urea groups is 1. The van der Waals surface area contributed by atoms with Crippen LogP contribution in [0.2, 0.25) is 0 Å². The van der Waals surface area contributed by atoms with Gasteiger partial charge >= 0.3 is 12.1 Å². The number of nitrogens with zero attached hydrogens (tertiary/aromatic N) is 3. The second-order valence-corrected chi connectivity index (χ2v) is 14.2. The van der Waals surface area contributed by atoms with E-state index in [-0.39, 0.29) is 40.0 Å². The molecule has 13 heteroatoms. The summed E-state index contributed by atoms with van der Waals surface area (Å²) in [4.78, 5) is 50.9. The van der Waals surface area contributed by atoms with Crippen LogP contribution in [0.3, 0.4) is 0 Å². The van der Waals surface area contributed by atoms with Crippen molar-refractivity contribution in [3.8, 4) is 0 Å². The fourth-order valence-electron chi connectivity index (χ4n) is 5.26. The summed E-state index contributed by atoms with van der Waals surface area (Å²) in [6.45, 7) is 12.9. The summed E-state index contributed by atoms with van der Waals surface area (Å²) in [6, 6.07) is 18.2. The highest BCUT2D eigenvalue weighted by Crippen LogP contribution is 2.20. The molecule has 4 rings (SSSR count). The number of aromatic nitrogens is 2. The maximum absolute atomic E-state index is 13.8. The summed E-state index contributed by atoms with van der Waals surface area (Å²) in [5.74, 6) is 0.0298. The molecule has 0 aliphatic heterocycles. The van der Waals surface area contributed by atoms with E-state index in [9.17, 15) is 14.4 Å². The summed E-state index contributed by atoms with van der Waals surface area (Å²) >= 11 is 3.01. The smallest absolute Gasteiger partial charge is 0.407 e. The quantitative estimate of drug-likeness (QED) is 0.0804. The Morgan fingerprint density at radius 1 is 0.849 bits per heavy atom. The van der Waals surface area contributed by atoms with Crippen LogP contribution in [0, 0.1) is 0 Å². The lowest BCUT2D eigenvalue weighted by molar-refractivity contribution is -0.123. The lowest BCUT2D eigenvalue weighted by atomic mass is 9.96. The zero-order valence-corrected chi connectivity index (χ0v) is 34.2. The van der Waals surface area contributed by atoms with Crippen LogP contribution >= 0.6 is 22.7 Å². The minimum atomic E-state index is -0.806. The van der Waals surface area contributed by atoms with Gasteiger partial charge in [0.2, 0.25) is 5.91 Å². The Morgan fingerprint density at radius 3 is 1.94 bits per heavy atom. The Hall–Kier alpha value is -4.33. The molecule has 0 saturated carbocycles. The van der Waals surface area contributed by atoms with Crippen LogP contribution in [0.25, 0.3) is 0 Å². The normalized spacial score (nSPS) is 12.2. The summed E-state index contributed by atoms with van der Waals surface area (Å²) in [5.41, 5.74) is 4.67. The van der Waals surface area contributed by atoms with Crippen LogP contribution in [0.15, 0.2) is 77.8 Å². The van der Waals surface area contributed by atoms with Crippen molar-refractivity contribution in [1.29, 1.82) is 0 Å². The fourth-order valence-corrected chi connectivity index (χ4v) is 6.59. The van der Waals surface area contributed by atoms with Gasteiger partial charge in [-0.1, -0.05) is 102 Å². The van der Waals surface area contributed by atoms with Crippen molar-refractivity contribution in [1.82, 2.24) is 36.1 Å². The summed E-state index contributed by atoms with van der Waals surface area (Å²) < 4.78 is 5.48. The molecule has 2 heterocycles. The molecule has 2 aromatic carbocycles. The molecule has 2 aromatic heterocycles. The van der Waals surface area contributed by atoms with Gasteiger partial charge in [-0.15, -0.1) is 22.7 Å². The van der Waals surface area contributed by atoms with E-state index in [0.717, 1.165) is 26.7 Å². The fraction of sp³-hybridized carbons (Fsp3) is 0.475. The molecule has 294 valence electrons. The lowest BCUT2D eigenvalue weighted by Gasteiger charge is -2.27. The molecule has 0 bridgehead atoms. The number of alkyl carbamates (subject to hydrolysis) is 1. The molecule has 53 heavy (non-hydrogen) atoms. The van der Waals surface area contributed by atoms with Crippen LogP contribution in [0.1, 0.15) is 89.9 Å². The Bertz CT molecular complexity index is 1580. The molecule has 0 unspecified atom stereocenters. The molecule has 0 aliphatic carbocycles. The van der Waals surface area contributed by atoms with E-state index in [4.69, 9.17) is 4.74 Å². The summed E-state index contributed by atoms with van der Waals surface area (Å²) in [5, 5.41) is 15.2. The number of amides is 4. The molecule has 0 aliphatic rings. The first-order valence-corrected chi connectivity index (χ1v) is 20.3.